The molecular formula is C10H18N2O3. The molecule has 1 unspecified atom stereocenters. The highest BCUT2D eigenvalue weighted by atomic mass is 16.6. The predicted octanol–water partition coefficient (Wildman–Crippen LogP) is 1.16. The summed E-state index contributed by atoms with van der Waals surface area (Å²) >= 11 is 0. The Bertz CT molecular complexity index is 251. The third-order valence-corrected chi connectivity index (χ3v) is 1.50. The monoisotopic (exact) mass is 214 g/mol. The van der Waals surface area contributed by atoms with E-state index in [-0.39, 0.29) is 6.03 Å². The highest BCUT2D eigenvalue weighted by Gasteiger charge is 2.11. The van der Waals surface area contributed by atoms with Gasteiger partial charge in [0.1, 0.15) is 0 Å². The van der Waals surface area contributed by atoms with Gasteiger partial charge in [-0.15, -0.1) is 0 Å². The van der Waals surface area contributed by atoms with Crippen molar-refractivity contribution >= 4 is 12.0 Å². The molecule has 5 nitrogen and oxygen atoms in total. The third kappa shape index (κ3) is 6.54. The molecule has 0 aromatic heterocycles. The van der Waals surface area contributed by atoms with Gasteiger partial charge in [0.15, 0.2) is 6.23 Å². The van der Waals surface area contributed by atoms with E-state index in [1.54, 1.807) is 13.8 Å². The second kappa shape index (κ2) is 6.86. The van der Waals surface area contributed by atoms with Crippen molar-refractivity contribution in [2.45, 2.75) is 33.4 Å². The van der Waals surface area contributed by atoms with Crippen molar-refractivity contribution in [3.63, 3.8) is 0 Å². The topological polar surface area (TPSA) is 67.4 Å². The number of carbonyl (C=O) groups excluding carboxylic acids is 2. The van der Waals surface area contributed by atoms with Gasteiger partial charge in [0.2, 0.25) is 0 Å². The molecule has 0 rings (SSSR count). The molecule has 0 aliphatic carbocycles. The van der Waals surface area contributed by atoms with Crippen molar-refractivity contribution in [2.24, 2.45) is 0 Å². The van der Waals surface area contributed by atoms with Crippen LogP contribution in [0, 0.1) is 0 Å². The smallest absolute Gasteiger partial charge is 0.335 e. The fourth-order valence-corrected chi connectivity index (χ4v) is 0.765. The molecule has 5 heteroatoms. The summed E-state index contributed by atoms with van der Waals surface area (Å²) in [4.78, 5) is 22.2. The van der Waals surface area contributed by atoms with E-state index in [1.807, 2.05) is 6.92 Å². The number of ether oxygens (including phenoxy) is 1. The number of urea groups is 1. The van der Waals surface area contributed by atoms with Gasteiger partial charge in [-0.3, -0.25) is 0 Å². The Morgan fingerprint density at radius 2 is 2.07 bits per heavy atom. The maximum Gasteiger partial charge on any atom is 0.335 e. The van der Waals surface area contributed by atoms with Gasteiger partial charge in [-0.1, -0.05) is 13.5 Å². The van der Waals surface area contributed by atoms with Gasteiger partial charge in [0.05, 0.1) is 0 Å². The minimum absolute atomic E-state index is 0.303. The summed E-state index contributed by atoms with van der Waals surface area (Å²) < 4.78 is 4.85. The molecule has 0 bridgehead atoms. The lowest BCUT2D eigenvalue weighted by Crippen LogP contribution is -2.43. The number of esters is 1. The molecule has 2 N–H and O–H groups in total. The minimum Gasteiger partial charge on any atom is -0.439 e. The number of hydrogen-bond donors (Lipinski definition) is 2. The molecule has 0 heterocycles. The summed E-state index contributed by atoms with van der Waals surface area (Å²) in [5.41, 5.74) is 0.303. The Morgan fingerprint density at radius 3 is 2.53 bits per heavy atom. The summed E-state index contributed by atoms with van der Waals surface area (Å²) in [6.45, 7) is 9.10. The molecule has 0 saturated heterocycles. The van der Waals surface area contributed by atoms with Gasteiger partial charge in [0, 0.05) is 12.1 Å². The fourth-order valence-electron chi connectivity index (χ4n) is 0.765. The zero-order valence-corrected chi connectivity index (χ0v) is 9.42. The molecule has 0 aromatic carbocycles. The van der Waals surface area contributed by atoms with Crippen LogP contribution in [0.4, 0.5) is 4.79 Å². The highest BCUT2D eigenvalue weighted by molar-refractivity contribution is 5.87. The quantitative estimate of drug-likeness (QED) is 0.410. The van der Waals surface area contributed by atoms with Gasteiger partial charge in [-0.2, -0.15) is 0 Å². The van der Waals surface area contributed by atoms with Crippen LogP contribution in [0.25, 0.3) is 0 Å². The number of amides is 2. The molecule has 2 amide bonds. The van der Waals surface area contributed by atoms with Gasteiger partial charge in [-0.25, -0.2) is 9.59 Å². The highest BCUT2D eigenvalue weighted by Crippen LogP contribution is 1.95. The van der Waals surface area contributed by atoms with Crippen LogP contribution < -0.4 is 10.6 Å². The van der Waals surface area contributed by atoms with E-state index in [4.69, 9.17) is 4.74 Å². The van der Waals surface area contributed by atoms with Crippen LogP contribution in [0.1, 0.15) is 27.2 Å². The molecule has 0 spiro atoms. The van der Waals surface area contributed by atoms with Crippen molar-refractivity contribution in [1.82, 2.24) is 10.6 Å². The Morgan fingerprint density at radius 1 is 1.47 bits per heavy atom. The van der Waals surface area contributed by atoms with Crippen LogP contribution in [0.3, 0.4) is 0 Å². The van der Waals surface area contributed by atoms with Crippen molar-refractivity contribution < 1.29 is 14.3 Å². The molecule has 15 heavy (non-hydrogen) atoms. The van der Waals surface area contributed by atoms with Crippen LogP contribution in [0.5, 0.6) is 0 Å². The van der Waals surface area contributed by atoms with E-state index < -0.39 is 12.2 Å². The lowest BCUT2D eigenvalue weighted by molar-refractivity contribution is -0.144. The maximum atomic E-state index is 11.1. The summed E-state index contributed by atoms with van der Waals surface area (Å²) in [6, 6.07) is -0.348. The van der Waals surface area contributed by atoms with Gasteiger partial charge in [0.25, 0.3) is 0 Å². The zero-order chi connectivity index (χ0) is 11.8. The molecule has 0 radical (unpaired) electrons. The first-order chi connectivity index (χ1) is 6.97. The van der Waals surface area contributed by atoms with E-state index in [0.717, 1.165) is 6.42 Å². The third-order valence-electron chi connectivity index (χ3n) is 1.50. The lowest BCUT2D eigenvalue weighted by Gasteiger charge is -2.15. The van der Waals surface area contributed by atoms with Crippen LogP contribution in [0.2, 0.25) is 0 Å². The summed E-state index contributed by atoms with van der Waals surface area (Å²) in [6.07, 6.45) is 0.193. The van der Waals surface area contributed by atoms with Crippen LogP contribution >= 0.6 is 0 Å². The zero-order valence-electron chi connectivity index (χ0n) is 9.42. The first-order valence-corrected chi connectivity index (χ1v) is 4.88. The van der Waals surface area contributed by atoms with Gasteiger partial charge < -0.3 is 15.4 Å². The average Bonchev–Trinajstić information content (AvgIpc) is 2.14. The lowest BCUT2D eigenvalue weighted by atomic mass is 10.4. The second-order valence-corrected chi connectivity index (χ2v) is 3.23. The fraction of sp³-hybridized carbons (Fsp3) is 0.600. The SMILES string of the molecule is C=C(C)C(=O)OC(C)NC(=O)NCCC. The van der Waals surface area contributed by atoms with E-state index in [2.05, 4.69) is 17.2 Å². The van der Waals surface area contributed by atoms with E-state index in [1.165, 1.54) is 0 Å². The summed E-state index contributed by atoms with van der Waals surface area (Å²) in [5, 5.41) is 5.07. The molecule has 0 aromatic rings. The number of nitrogens with one attached hydrogen (secondary N) is 2. The van der Waals surface area contributed by atoms with Crippen LogP contribution in [0.15, 0.2) is 12.2 Å². The Hall–Kier alpha value is -1.52. The molecule has 1 atom stereocenters. The summed E-state index contributed by atoms with van der Waals surface area (Å²) in [7, 11) is 0. The number of hydrogen-bond acceptors (Lipinski definition) is 3. The van der Waals surface area contributed by atoms with Crippen LogP contribution in [-0.4, -0.2) is 24.8 Å². The molecule has 0 aliphatic rings. The summed E-state index contributed by atoms with van der Waals surface area (Å²) in [5.74, 6) is -0.515. The first-order valence-electron chi connectivity index (χ1n) is 4.88. The Kier molecular flexibility index (Phi) is 6.17. The maximum absolute atomic E-state index is 11.1. The standard InChI is InChI=1S/C10H18N2O3/c1-5-6-11-10(14)12-8(4)15-9(13)7(2)3/h8H,2,5-6H2,1,3-4H3,(H2,11,12,14). The molecule has 0 fully saturated rings. The van der Waals surface area contributed by atoms with E-state index in [9.17, 15) is 9.59 Å². The van der Waals surface area contributed by atoms with E-state index >= 15 is 0 Å². The van der Waals surface area contributed by atoms with E-state index in [0.29, 0.717) is 12.1 Å². The van der Waals surface area contributed by atoms with Gasteiger partial charge >= 0.3 is 12.0 Å². The molecule has 0 aliphatic heterocycles. The first kappa shape index (κ1) is 13.5. The molecule has 86 valence electrons. The predicted molar refractivity (Wildman–Crippen MR) is 57.2 cm³/mol. The molecular weight excluding hydrogens is 196 g/mol. The second-order valence-electron chi connectivity index (χ2n) is 3.23. The van der Waals surface area contributed by atoms with Crippen molar-refractivity contribution in [3.8, 4) is 0 Å². The van der Waals surface area contributed by atoms with Crippen molar-refractivity contribution in [2.75, 3.05) is 6.54 Å². The van der Waals surface area contributed by atoms with Crippen molar-refractivity contribution in [1.29, 1.82) is 0 Å². The van der Waals surface area contributed by atoms with Crippen LogP contribution in [-0.2, 0) is 9.53 Å². The largest absolute Gasteiger partial charge is 0.439 e. The number of rotatable bonds is 5. The Labute approximate surface area is 89.9 Å². The average molecular weight is 214 g/mol. The van der Waals surface area contributed by atoms with Crippen molar-refractivity contribution in [3.05, 3.63) is 12.2 Å². The minimum atomic E-state index is -0.661. The van der Waals surface area contributed by atoms with Gasteiger partial charge in [-0.05, 0) is 20.3 Å². The normalized spacial score (nSPS) is 11.4. The Balaban J connectivity index is 3.82. The molecule has 0 saturated carbocycles. The number of carbonyl (C=O) groups is 2.